The summed E-state index contributed by atoms with van der Waals surface area (Å²) in [5, 5.41) is 9.66. The lowest BCUT2D eigenvalue weighted by molar-refractivity contribution is 0.353. The van der Waals surface area contributed by atoms with Gasteiger partial charge in [0.05, 0.1) is 23.0 Å². The van der Waals surface area contributed by atoms with Gasteiger partial charge in [0.15, 0.2) is 5.82 Å². The maximum atomic E-state index is 9.66. The lowest BCUT2D eigenvalue weighted by Crippen LogP contribution is -2.28. The molecule has 44 heavy (non-hydrogen) atoms. The fourth-order valence-corrected chi connectivity index (χ4v) is 7.25. The van der Waals surface area contributed by atoms with Crippen LogP contribution in [-0.4, -0.2) is 15.0 Å². The number of benzene rings is 4. The van der Waals surface area contributed by atoms with E-state index in [2.05, 4.69) is 89.9 Å². The maximum absolute atomic E-state index is 9.66. The highest BCUT2D eigenvalue weighted by molar-refractivity contribution is 5.85. The van der Waals surface area contributed by atoms with Crippen molar-refractivity contribution in [3.63, 3.8) is 0 Å². The molecule has 2 aliphatic rings. The SMILES string of the molecule is N#Cc1ccc2c(c1)-c1ccc(-c3cc(-c4ccc(-c5cccnc5)cc4)nc(-c4ccccc4)n3)cc1C21CCCCC1. The zero-order chi connectivity index (χ0) is 29.5. The van der Waals surface area contributed by atoms with Gasteiger partial charge in [0.2, 0.25) is 0 Å². The fraction of sp³-hybridized carbons (Fsp3) is 0.150. The first-order valence-corrected chi connectivity index (χ1v) is 15.4. The van der Waals surface area contributed by atoms with Crippen molar-refractivity contribution in [1.82, 2.24) is 15.0 Å². The molecule has 1 saturated carbocycles. The largest absolute Gasteiger partial charge is 0.264 e. The van der Waals surface area contributed by atoms with E-state index in [9.17, 15) is 5.26 Å². The second kappa shape index (κ2) is 10.7. The molecule has 0 unspecified atom stereocenters. The molecule has 210 valence electrons. The first-order valence-electron chi connectivity index (χ1n) is 15.4. The molecule has 0 N–H and O–H groups in total. The van der Waals surface area contributed by atoms with Gasteiger partial charge in [-0.1, -0.05) is 98.1 Å². The minimum absolute atomic E-state index is 0.00679. The van der Waals surface area contributed by atoms with E-state index in [1.54, 1.807) is 6.20 Å². The van der Waals surface area contributed by atoms with E-state index in [0.717, 1.165) is 52.0 Å². The molecule has 1 spiro atoms. The molecule has 4 aromatic carbocycles. The van der Waals surface area contributed by atoms with Crippen LogP contribution in [0.5, 0.6) is 0 Å². The molecule has 0 amide bonds. The van der Waals surface area contributed by atoms with Gasteiger partial charge in [-0.25, -0.2) is 9.97 Å². The lowest BCUT2D eigenvalue weighted by Gasteiger charge is -2.36. The van der Waals surface area contributed by atoms with Crippen molar-refractivity contribution in [1.29, 1.82) is 5.26 Å². The minimum Gasteiger partial charge on any atom is -0.264 e. The number of rotatable bonds is 4. The van der Waals surface area contributed by atoms with E-state index >= 15 is 0 Å². The average molecular weight is 567 g/mol. The number of fused-ring (bicyclic) bond motifs is 5. The molecule has 8 rings (SSSR count). The van der Waals surface area contributed by atoms with Crippen molar-refractivity contribution < 1.29 is 0 Å². The van der Waals surface area contributed by atoms with Crippen LogP contribution in [0.25, 0.3) is 56.2 Å². The van der Waals surface area contributed by atoms with Gasteiger partial charge < -0.3 is 0 Å². The molecule has 2 heterocycles. The summed E-state index contributed by atoms with van der Waals surface area (Å²) in [4.78, 5) is 14.5. The van der Waals surface area contributed by atoms with Crippen molar-refractivity contribution in [2.24, 2.45) is 0 Å². The first-order chi connectivity index (χ1) is 21.7. The highest BCUT2D eigenvalue weighted by atomic mass is 14.9. The van der Waals surface area contributed by atoms with Crippen LogP contribution in [0.2, 0.25) is 0 Å². The van der Waals surface area contributed by atoms with E-state index in [0.29, 0.717) is 11.4 Å². The van der Waals surface area contributed by atoms with Crippen LogP contribution in [0.15, 0.2) is 122 Å². The topological polar surface area (TPSA) is 62.5 Å². The highest BCUT2D eigenvalue weighted by Gasteiger charge is 2.44. The van der Waals surface area contributed by atoms with Gasteiger partial charge >= 0.3 is 0 Å². The number of hydrogen-bond acceptors (Lipinski definition) is 4. The van der Waals surface area contributed by atoms with Crippen molar-refractivity contribution in [3.8, 4) is 62.2 Å². The van der Waals surface area contributed by atoms with Crippen LogP contribution in [0.4, 0.5) is 0 Å². The summed E-state index contributed by atoms with van der Waals surface area (Å²) in [6.07, 6.45) is 9.66. The molecule has 1 fully saturated rings. The van der Waals surface area contributed by atoms with E-state index in [1.807, 2.05) is 36.5 Å². The molecule has 0 atom stereocenters. The summed E-state index contributed by atoms with van der Waals surface area (Å²) in [7, 11) is 0. The van der Waals surface area contributed by atoms with Crippen molar-refractivity contribution in [2.45, 2.75) is 37.5 Å². The second-order valence-corrected chi connectivity index (χ2v) is 11.9. The van der Waals surface area contributed by atoms with Crippen molar-refractivity contribution >= 4 is 0 Å². The third kappa shape index (κ3) is 4.41. The molecular weight excluding hydrogens is 536 g/mol. The molecule has 4 heteroatoms. The Labute approximate surface area is 257 Å². The second-order valence-electron chi connectivity index (χ2n) is 11.9. The Bertz CT molecular complexity index is 2030. The molecule has 0 saturated heterocycles. The third-order valence-corrected chi connectivity index (χ3v) is 9.43. The van der Waals surface area contributed by atoms with Gasteiger partial charge in [0.25, 0.3) is 0 Å². The molecule has 6 aromatic rings. The van der Waals surface area contributed by atoms with Gasteiger partial charge in [-0.05, 0) is 76.6 Å². The van der Waals surface area contributed by atoms with Gasteiger partial charge in [-0.15, -0.1) is 0 Å². The zero-order valence-corrected chi connectivity index (χ0v) is 24.4. The van der Waals surface area contributed by atoms with E-state index < -0.39 is 0 Å². The van der Waals surface area contributed by atoms with Crippen LogP contribution in [0.1, 0.15) is 48.8 Å². The molecular formula is C40H30N4. The van der Waals surface area contributed by atoms with Crippen LogP contribution in [0.3, 0.4) is 0 Å². The Morgan fingerprint density at radius 1 is 0.568 bits per heavy atom. The summed E-state index contributed by atoms with van der Waals surface area (Å²) in [5.74, 6) is 0.712. The van der Waals surface area contributed by atoms with Crippen molar-refractivity contribution in [2.75, 3.05) is 0 Å². The molecule has 0 bridgehead atoms. The minimum atomic E-state index is -0.00679. The number of hydrogen-bond donors (Lipinski definition) is 0. The summed E-state index contributed by atoms with van der Waals surface area (Å²) in [6.45, 7) is 0. The smallest absolute Gasteiger partial charge is 0.160 e. The summed E-state index contributed by atoms with van der Waals surface area (Å²) in [6, 6.07) is 40.3. The van der Waals surface area contributed by atoms with Gasteiger partial charge in [-0.2, -0.15) is 5.26 Å². The van der Waals surface area contributed by atoms with Crippen molar-refractivity contribution in [3.05, 3.63) is 138 Å². The number of aromatic nitrogens is 3. The van der Waals surface area contributed by atoms with Crippen LogP contribution < -0.4 is 0 Å². The Morgan fingerprint density at radius 2 is 1.30 bits per heavy atom. The number of pyridine rings is 1. The monoisotopic (exact) mass is 566 g/mol. The van der Waals surface area contributed by atoms with E-state index in [4.69, 9.17) is 9.97 Å². The standard InChI is InChI=1S/C40H30N4/c41-25-27-11-18-35-34(22-27)33-17-16-31(23-36(33)40(35)19-5-2-6-20-40)38-24-37(43-39(44-38)30-8-3-1-4-9-30)29-14-12-28(13-15-29)32-10-7-21-42-26-32/h1,3-4,7-18,21-24,26H,2,5-6,19-20H2. The van der Waals surface area contributed by atoms with Gasteiger partial charge in [-0.3, -0.25) is 4.98 Å². The Morgan fingerprint density at radius 3 is 2.05 bits per heavy atom. The molecule has 4 nitrogen and oxygen atoms in total. The van der Waals surface area contributed by atoms with Crippen LogP contribution in [-0.2, 0) is 5.41 Å². The quantitative estimate of drug-likeness (QED) is 0.213. The highest BCUT2D eigenvalue weighted by Crippen LogP contribution is 2.56. The molecule has 0 aliphatic heterocycles. The van der Waals surface area contributed by atoms with E-state index in [-0.39, 0.29) is 5.41 Å². The third-order valence-electron chi connectivity index (χ3n) is 9.43. The normalized spacial score (nSPS) is 14.5. The fourth-order valence-electron chi connectivity index (χ4n) is 7.25. The Hall–Kier alpha value is -5.40. The number of nitriles is 1. The summed E-state index contributed by atoms with van der Waals surface area (Å²) in [5.41, 5.74) is 13.1. The van der Waals surface area contributed by atoms with Crippen LogP contribution >= 0.6 is 0 Å². The summed E-state index contributed by atoms with van der Waals surface area (Å²) >= 11 is 0. The maximum Gasteiger partial charge on any atom is 0.160 e. The van der Waals surface area contributed by atoms with Gasteiger partial charge in [0.1, 0.15) is 0 Å². The predicted octanol–water partition coefficient (Wildman–Crippen LogP) is 9.64. The zero-order valence-electron chi connectivity index (χ0n) is 24.4. The lowest BCUT2D eigenvalue weighted by atomic mass is 9.67. The van der Waals surface area contributed by atoms with Gasteiger partial charge in [0, 0.05) is 34.5 Å². The molecule has 2 aliphatic carbocycles. The molecule has 0 radical (unpaired) electrons. The molecule has 2 aromatic heterocycles. The Kier molecular flexibility index (Phi) is 6.38. The first kappa shape index (κ1) is 26.2. The number of nitrogens with zero attached hydrogens (tertiary/aromatic N) is 4. The van der Waals surface area contributed by atoms with E-state index in [1.165, 1.54) is 41.5 Å². The Balaban J connectivity index is 1.27. The van der Waals surface area contributed by atoms with Crippen LogP contribution in [0, 0.1) is 11.3 Å². The average Bonchev–Trinajstić information content (AvgIpc) is 3.36. The summed E-state index contributed by atoms with van der Waals surface area (Å²) < 4.78 is 0. The predicted molar refractivity (Wildman–Crippen MR) is 176 cm³/mol.